The number of halogens is 1. The molecule has 0 radical (unpaired) electrons. The number of nitrogens with one attached hydrogen (secondary N) is 1. The fourth-order valence-electron chi connectivity index (χ4n) is 1.50. The number of carbonyl (C=O) groups excluding carboxylic acids is 1. The van der Waals surface area contributed by atoms with Gasteiger partial charge in [0, 0.05) is 0 Å². The highest BCUT2D eigenvalue weighted by Crippen LogP contribution is 2.19. The quantitative estimate of drug-likeness (QED) is 0.772. The monoisotopic (exact) mass is 237 g/mol. The number of esters is 1. The van der Waals surface area contributed by atoms with Crippen molar-refractivity contribution >= 4 is 28.3 Å². The Labute approximate surface area is 95.8 Å². The maximum absolute atomic E-state index is 11.7. The lowest BCUT2D eigenvalue weighted by molar-refractivity contribution is 0.0594. The zero-order chi connectivity index (χ0) is 11.7. The number of hydrogen-bond acceptors (Lipinski definition) is 3. The fourth-order valence-corrected chi connectivity index (χ4v) is 1.76. The van der Waals surface area contributed by atoms with Gasteiger partial charge in [-0.2, -0.15) is 0 Å². The van der Waals surface area contributed by atoms with E-state index in [-0.39, 0.29) is 5.69 Å². The highest BCUT2D eigenvalue weighted by Gasteiger charge is 2.10. The molecule has 0 atom stereocenters. The molecule has 0 aliphatic heterocycles. The molecule has 82 valence electrons. The topological polar surface area (TPSA) is 59.2 Å². The maximum Gasteiger partial charge on any atom is 0.354 e. The Kier molecular flexibility index (Phi) is 2.66. The van der Waals surface area contributed by atoms with E-state index in [1.165, 1.54) is 13.2 Å². The van der Waals surface area contributed by atoms with Gasteiger partial charge in [0.25, 0.3) is 5.56 Å². The van der Waals surface area contributed by atoms with Crippen molar-refractivity contribution in [2.75, 3.05) is 7.11 Å². The number of carbonyl (C=O) groups is 1. The van der Waals surface area contributed by atoms with E-state index in [9.17, 15) is 9.59 Å². The van der Waals surface area contributed by atoms with E-state index in [2.05, 4.69) is 9.72 Å². The molecule has 0 fully saturated rings. The predicted molar refractivity (Wildman–Crippen MR) is 60.9 cm³/mol. The molecule has 0 unspecified atom stereocenters. The van der Waals surface area contributed by atoms with E-state index in [1.54, 1.807) is 18.2 Å². The van der Waals surface area contributed by atoms with Crippen LogP contribution in [0.5, 0.6) is 0 Å². The van der Waals surface area contributed by atoms with Crippen LogP contribution in [-0.2, 0) is 4.74 Å². The largest absolute Gasteiger partial charge is 0.464 e. The number of aromatic nitrogens is 1. The lowest BCUT2D eigenvalue weighted by Crippen LogP contribution is -2.14. The number of H-pyrrole nitrogens is 1. The van der Waals surface area contributed by atoms with Crippen molar-refractivity contribution in [2.45, 2.75) is 0 Å². The summed E-state index contributed by atoms with van der Waals surface area (Å²) in [6.45, 7) is 0. The first kappa shape index (κ1) is 10.7. The number of rotatable bonds is 1. The smallest absolute Gasteiger partial charge is 0.354 e. The average molecular weight is 238 g/mol. The second kappa shape index (κ2) is 3.98. The molecule has 5 heteroatoms. The van der Waals surface area contributed by atoms with Crippen molar-refractivity contribution in [2.24, 2.45) is 0 Å². The van der Waals surface area contributed by atoms with E-state index < -0.39 is 11.5 Å². The van der Waals surface area contributed by atoms with Crippen LogP contribution in [0.15, 0.2) is 29.1 Å². The highest BCUT2D eigenvalue weighted by atomic mass is 35.5. The SMILES string of the molecule is COC(=O)c1cc2cccc(Cl)c2c(=O)[nH]1. The molecule has 0 saturated heterocycles. The van der Waals surface area contributed by atoms with Crippen molar-refractivity contribution in [3.05, 3.63) is 45.3 Å². The number of aromatic amines is 1. The number of benzene rings is 1. The molecule has 0 amide bonds. The van der Waals surface area contributed by atoms with E-state index >= 15 is 0 Å². The number of methoxy groups -OCH3 is 1. The van der Waals surface area contributed by atoms with Crippen LogP contribution in [0, 0.1) is 0 Å². The van der Waals surface area contributed by atoms with Crippen LogP contribution in [0.2, 0.25) is 5.02 Å². The standard InChI is InChI=1S/C11H8ClNO3/c1-16-11(15)8-5-6-3-2-4-7(12)9(6)10(14)13-8/h2-5H,1H3,(H,13,14). The zero-order valence-electron chi connectivity index (χ0n) is 8.41. The van der Waals surface area contributed by atoms with Gasteiger partial charge >= 0.3 is 5.97 Å². The van der Waals surface area contributed by atoms with E-state index in [0.29, 0.717) is 15.8 Å². The molecular formula is C11H8ClNO3. The van der Waals surface area contributed by atoms with Crippen molar-refractivity contribution in [3.63, 3.8) is 0 Å². The van der Waals surface area contributed by atoms with Gasteiger partial charge in [0.2, 0.25) is 0 Å². The van der Waals surface area contributed by atoms with Gasteiger partial charge < -0.3 is 9.72 Å². The first-order chi connectivity index (χ1) is 7.63. The number of pyridine rings is 1. The van der Waals surface area contributed by atoms with E-state index in [1.807, 2.05) is 0 Å². The highest BCUT2D eigenvalue weighted by molar-refractivity contribution is 6.35. The van der Waals surface area contributed by atoms with Crippen LogP contribution in [0.3, 0.4) is 0 Å². The molecule has 1 aromatic heterocycles. The molecule has 1 aromatic carbocycles. The molecule has 4 nitrogen and oxygen atoms in total. The third-order valence-electron chi connectivity index (χ3n) is 2.23. The minimum absolute atomic E-state index is 0.113. The summed E-state index contributed by atoms with van der Waals surface area (Å²) in [5.74, 6) is -0.584. The fraction of sp³-hybridized carbons (Fsp3) is 0.0909. The predicted octanol–water partition coefficient (Wildman–Crippen LogP) is 1.97. The van der Waals surface area contributed by atoms with Crippen molar-refractivity contribution in [3.8, 4) is 0 Å². The molecule has 1 N–H and O–H groups in total. The van der Waals surface area contributed by atoms with E-state index in [4.69, 9.17) is 11.6 Å². The van der Waals surface area contributed by atoms with Gasteiger partial charge in [0.05, 0.1) is 17.5 Å². The zero-order valence-corrected chi connectivity index (χ0v) is 9.17. The molecule has 16 heavy (non-hydrogen) atoms. The summed E-state index contributed by atoms with van der Waals surface area (Å²) in [7, 11) is 1.25. The Bertz CT molecular complexity index is 618. The molecule has 1 heterocycles. The minimum Gasteiger partial charge on any atom is -0.464 e. The Morgan fingerprint density at radius 2 is 2.19 bits per heavy atom. The first-order valence-electron chi connectivity index (χ1n) is 4.53. The lowest BCUT2D eigenvalue weighted by Gasteiger charge is -2.02. The summed E-state index contributed by atoms with van der Waals surface area (Å²) >= 11 is 5.89. The Morgan fingerprint density at radius 1 is 1.44 bits per heavy atom. The van der Waals surface area contributed by atoms with Crippen LogP contribution in [0.1, 0.15) is 10.5 Å². The third-order valence-corrected chi connectivity index (χ3v) is 2.54. The van der Waals surface area contributed by atoms with Crippen LogP contribution in [0.4, 0.5) is 0 Å². The van der Waals surface area contributed by atoms with Gasteiger partial charge in [-0.05, 0) is 17.5 Å². The first-order valence-corrected chi connectivity index (χ1v) is 4.91. The number of ether oxygens (including phenoxy) is 1. The van der Waals surface area contributed by atoms with Gasteiger partial charge in [-0.15, -0.1) is 0 Å². The van der Waals surface area contributed by atoms with Gasteiger partial charge in [-0.3, -0.25) is 4.79 Å². The van der Waals surface area contributed by atoms with Crippen molar-refractivity contribution < 1.29 is 9.53 Å². The molecular weight excluding hydrogens is 230 g/mol. The summed E-state index contributed by atoms with van der Waals surface area (Å²) in [5.41, 5.74) is -0.286. The van der Waals surface area contributed by atoms with E-state index in [0.717, 1.165) is 0 Å². The Hall–Kier alpha value is -1.81. The Balaban J connectivity index is 2.79. The normalized spacial score (nSPS) is 10.4. The molecule has 0 aliphatic rings. The van der Waals surface area contributed by atoms with Crippen LogP contribution < -0.4 is 5.56 Å². The van der Waals surface area contributed by atoms with Crippen molar-refractivity contribution in [1.82, 2.24) is 4.98 Å². The van der Waals surface area contributed by atoms with Crippen LogP contribution in [0.25, 0.3) is 10.8 Å². The number of fused-ring (bicyclic) bond motifs is 1. The van der Waals surface area contributed by atoms with Gasteiger partial charge in [-0.25, -0.2) is 4.79 Å². The average Bonchev–Trinajstić information content (AvgIpc) is 2.27. The van der Waals surface area contributed by atoms with Gasteiger partial charge in [-0.1, -0.05) is 23.7 Å². The third kappa shape index (κ3) is 1.67. The second-order valence-corrected chi connectivity index (χ2v) is 3.61. The molecule has 0 saturated carbocycles. The number of hydrogen-bond donors (Lipinski definition) is 1. The molecule has 0 spiro atoms. The summed E-state index contributed by atoms with van der Waals surface area (Å²) in [4.78, 5) is 25.4. The summed E-state index contributed by atoms with van der Waals surface area (Å²) in [5, 5.41) is 1.34. The molecule has 2 rings (SSSR count). The minimum atomic E-state index is -0.584. The Morgan fingerprint density at radius 3 is 2.88 bits per heavy atom. The van der Waals surface area contributed by atoms with Gasteiger partial charge in [0.1, 0.15) is 5.69 Å². The van der Waals surface area contributed by atoms with Crippen LogP contribution >= 0.6 is 11.6 Å². The van der Waals surface area contributed by atoms with Gasteiger partial charge in [0.15, 0.2) is 0 Å². The molecule has 2 aromatic rings. The van der Waals surface area contributed by atoms with Crippen molar-refractivity contribution in [1.29, 1.82) is 0 Å². The van der Waals surface area contributed by atoms with Crippen LogP contribution in [-0.4, -0.2) is 18.1 Å². The maximum atomic E-state index is 11.7. The molecule has 0 bridgehead atoms. The second-order valence-electron chi connectivity index (χ2n) is 3.21. The summed E-state index contributed by atoms with van der Waals surface area (Å²) in [6.07, 6.45) is 0. The summed E-state index contributed by atoms with van der Waals surface area (Å²) < 4.78 is 4.53. The lowest BCUT2D eigenvalue weighted by atomic mass is 10.1. The summed E-state index contributed by atoms with van der Waals surface area (Å²) in [6, 6.07) is 6.58. The molecule has 0 aliphatic carbocycles.